The van der Waals surface area contributed by atoms with Gasteiger partial charge in [0, 0.05) is 32.1 Å². The molecule has 0 saturated heterocycles. The first kappa shape index (κ1) is 17.7. The highest BCUT2D eigenvalue weighted by Gasteiger charge is 2.16. The summed E-state index contributed by atoms with van der Waals surface area (Å²) in [5, 5.41) is 5.25. The van der Waals surface area contributed by atoms with Crippen LogP contribution >= 0.6 is 0 Å². The van der Waals surface area contributed by atoms with Crippen LogP contribution in [0.15, 0.2) is 30.5 Å². The lowest BCUT2D eigenvalue weighted by atomic mass is 10.2. The molecule has 8 heteroatoms. The summed E-state index contributed by atoms with van der Waals surface area (Å²) < 4.78 is 44.6. The maximum Gasteiger partial charge on any atom is 0.274 e. The summed E-state index contributed by atoms with van der Waals surface area (Å²) in [6.07, 6.45) is 2.19. The molecule has 0 saturated carbocycles. The summed E-state index contributed by atoms with van der Waals surface area (Å²) in [7, 11) is 1.60. The van der Waals surface area contributed by atoms with E-state index in [1.165, 1.54) is 12.3 Å². The predicted octanol–water partition coefficient (Wildman–Crippen LogP) is 3.20. The normalized spacial score (nSPS) is 10.5. The van der Waals surface area contributed by atoms with Gasteiger partial charge in [-0.25, -0.2) is 13.2 Å². The lowest BCUT2D eigenvalue weighted by Gasteiger charge is -2.09. The second-order valence-corrected chi connectivity index (χ2v) is 4.88. The van der Waals surface area contributed by atoms with E-state index in [0.717, 1.165) is 18.6 Å². The first-order valence-corrected chi connectivity index (χ1v) is 7.16. The molecule has 5 nitrogen and oxygen atoms in total. The summed E-state index contributed by atoms with van der Waals surface area (Å²) in [5.41, 5.74) is 0.201. The van der Waals surface area contributed by atoms with Gasteiger partial charge in [-0.1, -0.05) is 0 Å². The molecule has 0 atom stereocenters. The summed E-state index contributed by atoms with van der Waals surface area (Å²) in [6.45, 7) is 1.23. The molecule has 1 aromatic heterocycles. The van der Waals surface area contributed by atoms with Gasteiger partial charge in [0.1, 0.15) is 5.69 Å². The Morgan fingerprint density at radius 3 is 2.75 bits per heavy atom. The molecular weight excluding hydrogens is 323 g/mol. The molecule has 0 radical (unpaired) electrons. The van der Waals surface area contributed by atoms with Crippen LogP contribution < -0.4 is 10.6 Å². The van der Waals surface area contributed by atoms with Crippen LogP contribution in [0.2, 0.25) is 0 Å². The monoisotopic (exact) mass is 339 g/mol. The average molecular weight is 339 g/mol. The summed E-state index contributed by atoms with van der Waals surface area (Å²) in [4.78, 5) is 16.0. The summed E-state index contributed by atoms with van der Waals surface area (Å²) >= 11 is 0. The number of nitrogens with zero attached hydrogens (tertiary/aromatic N) is 1. The molecule has 0 fully saturated rings. The summed E-state index contributed by atoms with van der Waals surface area (Å²) in [6, 6.07) is 4.81. The number of hydrogen-bond acceptors (Lipinski definition) is 4. The number of rotatable bonds is 7. The minimum absolute atomic E-state index is 0.0101. The van der Waals surface area contributed by atoms with Crippen LogP contribution in [0.5, 0.6) is 0 Å². The highest BCUT2D eigenvalue weighted by Crippen LogP contribution is 2.20. The molecule has 0 aliphatic rings. The van der Waals surface area contributed by atoms with E-state index in [1.807, 2.05) is 0 Å². The number of hydrogen-bond donors (Lipinski definition) is 2. The van der Waals surface area contributed by atoms with Gasteiger partial charge >= 0.3 is 0 Å². The van der Waals surface area contributed by atoms with Crippen molar-refractivity contribution in [2.75, 3.05) is 30.9 Å². The molecule has 24 heavy (non-hydrogen) atoms. The van der Waals surface area contributed by atoms with E-state index in [4.69, 9.17) is 4.74 Å². The molecule has 2 rings (SSSR count). The third-order valence-corrected chi connectivity index (χ3v) is 3.13. The second kappa shape index (κ2) is 8.30. The first-order chi connectivity index (χ1) is 11.5. The Kier molecular flexibility index (Phi) is 6.14. The molecule has 2 N–H and O–H groups in total. The zero-order valence-electron chi connectivity index (χ0n) is 12.9. The number of methoxy groups -OCH3 is 1. The van der Waals surface area contributed by atoms with Gasteiger partial charge < -0.3 is 15.4 Å². The first-order valence-electron chi connectivity index (χ1n) is 7.16. The van der Waals surface area contributed by atoms with Crippen LogP contribution in [0.1, 0.15) is 16.9 Å². The molecule has 1 amide bonds. The quantitative estimate of drug-likeness (QED) is 0.601. The van der Waals surface area contributed by atoms with Crippen molar-refractivity contribution in [1.29, 1.82) is 0 Å². The van der Waals surface area contributed by atoms with Gasteiger partial charge in [-0.15, -0.1) is 0 Å². The molecule has 0 bridgehead atoms. The number of amides is 1. The van der Waals surface area contributed by atoms with Gasteiger partial charge in [0.15, 0.2) is 17.5 Å². The van der Waals surface area contributed by atoms with Crippen molar-refractivity contribution < 1.29 is 22.7 Å². The Morgan fingerprint density at radius 1 is 1.21 bits per heavy atom. The van der Waals surface area contributed by atoms with Gasteiger partial charge in [-0.3, -0.25) is 9.78 Å². The van der Waals surface area contributed by atoms with Gasteiger partial charge in [-0.2, -0.15) is 0 Å². The molecule has 128 valence electrons. The Bertz CT molecular complexity index is 726. The van der Waals surface area contributed by atoms with Crippen LogP contribution in [-0.2, 0) is 4.74 Å². The molecule has 0 unspecified atom stereocenters. The van der Waals surface area contributed by atoms with Crippen LogP contribution in [0, 0.1) is 17.5 Å². The zero-order chi connectivity index (χ0) is 17.5. The fraction of sp³-hybridized carbons (Fsp3) is 0.250. The van der Waals surface area contributed by atoms with Crippen LogP contribution in [0.3, 0.4) is 0 Å². The lowest BCUT2D eigenvalue weighted by Crippen LogP contribution is -2.16. The highest BCUT2D eigenvalue weighted by molar-refractivity contribution is 6.03. The van der Waals surface area contributed by atoms with Crippen molar-refractivity contribution in [3.63, 3.8) is 0 Å². The van der Waals surface area contributed by atoms with E-state index >= 15 is 0 Å². The molecule has 0 aliphatic carbocycles. The average Bonchev–Trinajstić information content (AvgIpc) is 2.59. The second-order valence-electron chi connectivity index (χ2n) is 4.88. The van der Waals surface area contributed by atoms with Gasteiger partial charge in [0.2, 0.25) is 0 Å². The number of carbonyl (C=O) groups is 1. The number of ether oxygens (including phenoxy) is 1. The van der Waals surface area contributed by atoms with Crippen molar-refractivity contribution in [2.24, 2.45) is 0 Å². The zero-order valence-corrected chi connectivity index (χ0v) is 12.9. The number of anilines is 2. The van der Waals surface area contributed by atoms with Gasteiger partial charge in [0.05, 0.1) is 5.69 Å². The van der Waals surface area contributed by atoms with Crippen LogP contribution in [0.25, 0.3) is 0 Å². The van der Waals surface area contributed by atoms with Crippen molar-refractivity contribution in [2.45, 2.75) is 6.42 Å². The lowest BCUT2D eigenvalue weighted by molar-refractivity contribution is 0.102. The summed E-state index contributed by atoms with van der Waals surface area (Å²) in [5.74, 6) is -5.17. The van der Waals surface area contributed by atoms with E-state index in [0.29, 0.717) is 18.8 Å². The van der Waals surface area contributed by atoms with E-state index in [1.54, 1.807) is 13.2 Å². The molecule has 0 aliphatic heterocycles. The van der Waals surface area contributed by atoms with E-state index in [2.05, 4.69) is 15.6 Å². The van der Waals surface area contributed by atoms with E-state index in [9.17, 15) is 18.0 Å². The largest absolute Gasteiger partial charge is 0.385 e. The molecule has 1 aromatic carbocycles. The third kappa shape index (κ3) is 4.45. The van der Waals surface area contributed by atoms with Crippen LogP contribution in [-0.4, -0.2) is 31.2 Å². The molecule has 1 heterocycles. The van der Waals surface area contributed by atoms with Gasteiger partial charge in [0.25, 0.3) is 5.91 Å². The Hall–Kier alpha value is -2.61. The Morgan fingerprint density at radius 2 is 2.00 bits per heavy atom. The third-order valence-electron chi connectivity index (χ3n) is 3.13. The Labute approximate surface area is 136 Å². The standard InChI is InChI=1S/C16H16F3N3O2/c1-24-8-2-6-20-10-5-7-21-13(9-10)16(23)22-12-4-3-11(17)14(18)15(12)19/h3-5,7,9H,2,6,8H2,1H3,(H,20,21)(H,22,23). The SMILES string of the molecule is COCCCNc1ccnc(C(=O)Nc2ccc(F)c(F)c2F)c1. The van der Waals surface area contributed by atoms with E-state index < -0.39 is 29.0 Å². The smallest absolute Gasteiger partial charge is 0.274 e. The molecule has 2 aromatic rings. The minimum atomic E-state index is -1.64. The van der Waals surface area contributed by atoms with Crippen molar-refractivity contribution in [3.05, 3.63) is 53.6 Å². The number of aromatic nitrogens is 1. The number of halogens is 3. The number of carbonyl (C=O) groups excluding carboxylic acids is 1. The fourth-order valence-electron chi connectivity index (χ4n) is 1.92. The fourth-order valence-corrected chi connectivity index (χ4v) is 1.92. The van der Waals surface area contributed by atoms with Crippen molar-refractivity contribution in [3.8, 4) is 0 Å². The van der Waals surface area contributed by atoms with E-state index in [-0.39, 0.29) is 5.69 Å². The Balaban J connectivity index is 2.06. The number of pyridine rings is 1. The highest BCUT2D eigenvalue weighted by atomic mass is 19.2. The topological polar surface area (TPSA) is 63.2 Å². The van der Waals surface area contributed by atoms with Crippen LogP contribution in [0.4, 0.5) is 24.5 Å². The van der Waals surface area contributed by atoms with Crippen molar-refractivity contribution in [1.82, 2.24) is 4.98 Å². The minimum Gasteiger partial charge on any atom is -0.385 e. The number of nitrogens with one attached hydrogen (secondary N) is 2. The predicted molar refractivity (Wildman–Crippen MR) is 83.5 cm³/mol. The molecule has 0 spiro atoms. The van der Waals surface area contributed by atoms with Crippen molar-refractivity contribution >= 4 is 17.3 Å². The number of benzene rings is 1. The molecular formula is C16H16F3N3O2. The van der Waals surface area contributed by atoms with Gasteiger partial charge in [-0.05, 0) is 30.7 Å². The maximum absolute atomic E-state index is 13.6. The maximum atomic E-state index is 13.6.